The predicted molar refractivity (Wildman–Crippen MR) is 190 cm³/mol. The molecule has 0 aromatic heterocycles. The van der Waals surface area contributed by atoms with E-state index in [-0.39, 0.29) is 35.2 Å². The first-order chi connectivity index (χ1) is 24.6. The average Bonchev–Trinajstić information content (AvgIpc) is 3.14. The van der Waals surface area contributed by atoms with Crippen LogP contribution in [0.3, 0.4) is 0 Å². The Morgan fingerprint density at radius 1 is 0.725 bits per heavy atom. The number of ether oxygens (including phenoxy) is 2. The minimum atomic E-state index is -3.98. The summed E-state index contributed by atoms with van der Waals surface area (Å²) in [7, 11) is -2.40. The highest BCUT2D eigenvalue weighted by Crippen LogP contribution is 2.21. The normalized spacial score (nSPS) is 11.7. The van der Waals surface area contributed by atoms with Crippen molar-refractivity contribution >= 4 is 27.5 Å². The second kappa shape index (κ2) is 17.3. The van der Waals surface area contributed by atoms with Gasteiger partial charge in [-0.3, -0.25) is 14.3 Å². The van der Waals surface area contributed by atoms with Crippen LogP contribution in [0, 0.1) is 11.6 Å². The Morgan fingerprint density at radius 3 is 1.94 bits per heavy atom. The molecule has 0 aliphatic heterocycles. The van der Waals surface area contributed by atoms with Crippen LogP contribution in [0.1, 0.15) is 16.7 Å². The van der Waals surface area contributed by atoms with Gasteiger partial charge in [-0.2, -0.15) is 0 Å². The van der Waals surface area contributed by atoms with Gasteiger partial charge in [-0.1, -0.05) is 54.6 Å². The van der Waals surface area contributed by atoms with E-state index in [9.17, 15) is 26.8 Å². The van der Waals surface area contributed by atoms with Crippen LogP contribution in [0.2, 0.25) is 0 Å². The van der Waals surface area contributed by atoms with Crippen LogP contribution in [0.4, 0.5) is 14.5 Å². The molecule has 0 saturated carbocycles. The largest absolute Gasteiger partial charge is 0.497 e. The van der Waals surface area contributed by atoms with Gasteiger partial charge in [0.15, 0.2) is 6.61 Å². The second-order valence-corrected chi connectivity index (χ2v) is 13.3. The third kappa shape index (κ3) is 10.6. The highest BCUT2D eigenvalue weighted by Gasteiger charge is 2.31. The van der Waals surface area contributed by atoms with Gasteiger partial charge in [0.25, 0.3) is 15.9 Å². The summed E-state index contributed by atoms with van der Waals surface area (Å²) < 4.78 is 66.1. The van der Waals surface area contributed by atoms with E-state index >= 15 is 0 Å². The first kappa shape index (κ1) is 36.5. The predicted octanol–water partition coefficient (Wildman–Crippen LogP) is 6.15. The molecule has 0 fully saturated rings. The fraction of sp³-hybridized carbons (Fsp3) is 0.179. The molecule has 51 heavy (non-hydrogen) atoms. The maximum Gasteiger partial charge on any atom is 0.261 e. The first-order valence-corrected chi connectivity index (χ1v) is 17.6. The van der Waals surface area contributed by atoms with Gasteiger partial charge in [0, 0.05) is 25.2 Å². The van der Waals surface area contributed by atoms with Crippen LogP contribution in [0.25, 0.3) is 0 Å². The summed E-state index contributed by atoms with van der Waals surface area (Å²) in [5.41, 5.74) is 2.63. The molecule has 0 aliphatic carbocycles. The zero-order chi connectivity index (χ0) is 36.2. The number of rotatable bonds is 16. The third-order valence-corrected chi connectivity index (χ3v) is 9.40. The molecular formula is C39H37F2N3O6S. The van der Waals surface area contributed by atoms with E-state index in [4.69, 9.17) is 9.47 Å². The SMILES string of the molecule is COc1ccc(CCNC(=O)[C@@H](Cc2ccccc2)N(Cc2ccc(F)cc2)C(=O)COc2ccc(S(=O)(=O)Nc3ccc(F)cc3)cc2)cc1. The lowest BCUT2D eigenvalue weighted by Crippen LogP contribution is -2.52. The molecule has 0 unspecified atom stereocenters. The molecule has 12 heteroatoms. The Hall–Kier alpha value is -5.75. The molecule has 1 atom stereocenters. The van der Waals surface area contributed by atoms with Gasteiger partial charge < -0.3 is 19.7 Å². The average molecular weight is 714 g/mol. The molecule has 5 aromatic rings. The molecule has 5 aromatic carbocycles. The summed E-state index contributed by atoms with van der Waals surface area (Å²) >= 11 is 0. The van der Waals surface area contributed by atoms with Crippen molar-refractivity contribution < 1.29 is 36.3 Å². The highest BCUT2D eigenvalue weighted by molar-refractivity contribution is 7.92. The Labute approximate surface area is 295 Å². The number of anilines is 1. The van der Waals surface area contributed by atoms with E-state index in [1.54, 1.807) is 19.2 Å². The number of sulfonamides is 1. The van der Waals surface area contributed by atoms with Crippen molar-refractivity contribution in [1.29, 1.82) is 0 Å². The lowest BCUT2D eigenvalue weighted by molar-refractivity contribution is -0.142. The number of hydrogen-bond acceptors (Lipinski definition) is 6. The molecule has 0 spiro atoms. The second-order valence-electron chi connectivity index (χ2n) is 11.6. The van der Waals surface area contributed by atoms with Crippen LogP contribution in [-0.4, -0.2) is 51.4 Å². The smallest absolute Gasteiger partial charge is 0.261 e. The Balaban J connectivity index is 1.32. The lowest BCUT2D eigenvalue weighted by Gasteiger charge is -2.31. The van der Waals surface area contributed by atoms with Gasteiger partial charge in [0.05, 0.1) is 12.0 Å². The van der Waals surface area contributed by atoms with Crippen molar-refractivity contribution in [1.82, 2.24) is 10.2 Å². The fourth-order valence-corrected chi connectivity index (χ4v) is 6.31. The topological polar surface area (TPSA) is 114 Å². The van der Waals surface area contributed by atoms with Gasteiger partial charge >= 0.3 is 0 Å². The van der Waals surface area contributed by atoms with Crippen LogP contribution >= 0.6 is 0 Å². The molecule has 0 bridgehead atoms. The molecule has 0 radical (unpaired) electrons. The fourth-order valence-electron chi connectivity index (χ4n) is 5.26. The number of halogens is 2. The van der Waals surface area contributed by atoms with Crippen molar-refractivity contribution in [2.45, 2.75) is 30.3 Å². The minimum absolute atomic E-state index is 0.00188. The maximum atomic E-state index is 13.9. The molecule has 2 N–H and O–H groups in total. The number of hydrogen-bond donors (Lipinski definition) is 2. The van der Waals surface area contributed by atoms with Gasteiger partial charge in [-0.15, -0.1) is 0 Å². The van der Waals surface area contributed by atoms with Crippen LogP contribution in [0.15, 0.2) is 132 Å². The maximum absolute atomic E-state index is 13.9. The molecular weight excluding hydrogens is 677 g/mol. The number of methoxy groups -OCH3 is 1. The van der Waals surface area contributed by atoms with Crippen molar-refractivity contribution in [3.63, 3.8) is 0 Å². The van der Waals surface area contributed by atoms with Crippen LogP contribution in [-0.2, 0) is 39.0 Å². The molecule has 264 valence electrons. The third-order valence-electron chi connectivity index (χ3n) is 8.00. The summed E-state index contributed by atoms with van der Waals surface area (Å²) in [5.74, 6) is -0.874. The summed E-state index contributed by atoms with van der Waals surface area (Å²) in [5, 5.41) is 2.98. The molecule has 2 amide bonds. The molecule has 5 rings (SSSR count). The monoisotopic (exact) mass is 713 g/mol. The van der Waals surface area contributed by atoms with E-state index in [1.165, 1.54) is 53.4 Å². The van der Waals surface area contributed by atoms with E-state index in [1.807, 2.05) is 54.6 Å². The summed E-state index contributed by atoms with van der Waals surface area (Å²) in [6.07, 6.45) is 0.754. The van der Waals surface area contributed by atoms with Crippen molar-refractivity contribution in [3.05, 3.63) is 156 Å². The number of benzene rings is 5. The highest BCUT2D eigenvalue weighted by atomic mass is 32.2. The van der Waals surface area contributed by atoms with Crippen molar-refractivity contribution in [3.8, 4) is 11.5 Å². The van der Waals surface area contributed by atoms with Gasteiger partial charge in [-0.25, -0.2) is 17.2 Å². The number of nitrogens with zero attached hydrogens (tertiary/aromatic N) is 1. The Kier molecular flexibility index (Phi) is 12.4. The van der Waals surface area contributed by atoms with E-state index < -0.39 is 40.2 Å². The Morgan fingerprint density at radius 2 is 1.31 bits per heavy atom. The van der Waals surface area contributed by atoms with E-state index in [0.717, 1.165) is 29.0 Å². The van der Waals surface area contributed by atoms with Crippen molar-refractivity contribution in [2.75, 3.05) is 25.0 Å². The molecule has 9 nitrogen and oxygen atoms in total. The zero-order valence-electron chi connectivity index (χ0n) is 27.8. The molecule has 0 heterocycles. The number of amides is 2. The Bertz CT molecular complexity index is 1990. The lowest BCUT2D eigenvalue weighted by atomic mass is 10.0. The quantitative estimate of drug-likeness (QED) is 0.127. The van der Waals surface area contributed by atoms with Crippen molar-refractivity contribution in [2.24, 2.45) is 0 Å². The van der Waals surface area contributed by atoms with Gasteiger partial charge in [-0.05, 0) is 95.9 Å². The molecule has 0 aliphatic rings. The van der Waals surface area contributed by atoms with E-state index in [2.05, 4.69) is 10.0 Å². The summed E-state index contributed by atoms with van der Waals surface area (Å²) in [6, 6.07) is 31.9. The van der Waals surface area contributed by atoms with E-state index in [0.29, 0.717) is 18.5 Å². The van der Waals surface area contributed by atoms with Gasteiger partial charge in [0.1, 0.15) is 29.2 Å². The van der Waals surface area contributed by atoms with Crippen LogP contribution < -0.4 is 19.5 Å². The number of carbonyl (C=O) groups is 2. The summed E-state index contributed by atoms with van der Waals surface area (Å²) in [6.45, 7) is -0.152. The van der Waals surface area contributed by atoms with Crippen LogP contribution in [0.5, 0.6) is 11.5 Å². The summed E-state index contributed by atoms with van der Waals surface area (Å²) in [4.78, 5) is 29.1. The number of carbonyl (C=O) groups excluding carboxylic acids is 2. The number of nitrogens with one attached hydrogen (secondary N) is 2. The van der Waals surface area contributed by atoms with Gasteiger partial charge in [0.2, 0.25) is 5.91 Å². The molecule has 0 saturated heterocycles. The zero-order valence-corrected chi connectivity index (χ0v) is 28.6. The first-order valence-electron chi connectivity index (χ1n) is 16.1. The minimum Gasteiger partial charge on any atom is -0.497 e. The standard InChI is InChI=1S/C39H37F2N3O6S/c1-49-34-17-9-28(10-18-34)23-24-42-39(46)37(25-29-5-3-2-4-6-29)44(26-30-7-11-31(40)12-8-30)38(45)27-50-35-19-21-36(22-20-35)51(47,48)43-33-15-13-32(41)14-16-33/h2-22,37,43H,23-27H2,1H3,(H,42,46)/t37-/m1/s1.